The maximum atomic E-state index is 12.6. The maximum absolute atomic E-state index is 12.6. The number of sulfonamides is 1. The highest BCUT2D eigenvalue weighted by Gasteiger charge is 2.26. The third-order valence-electron chi connectivity index (χ3n) is 4.14. The highest BCUT2D eigenvalue weighted by molar-refractivity contribution is 7.89. The van der Waals surface area contributed by atoms with Gasteiger partial charge < -0.3 is 10.1 Å². The largest absolute Gasteiger partial charge is 0.481 e. The summed E-state index contributed by atoms with van der Waals surface area (Å²) in [7, 11) is -3.44. The van der Waals surface area contributed by atoms with Crippen molar-refractivity contribution in [3.8, 4) is 5.75 Å². The Morgan fingerprint density at radius 1 is 1.12 bits per heavy atom. The first-order valence-electron chi connectivity index (χ1n) is 8.85. The fraction of sp³-hybridized carbons (Fsp3) is 0.611. The molecule has 1 aromatic rings. The van der Waals surface area contributed by atoms with E-state index in [4.69, 9.17) is 4.74 Å². The summed E-state index contributed by atoms with van der Waals surface area (Å²) in [6.45, 7) is 7.47. The Hall–Kier alpha value is -1.60. The van der Waals surface area contributed by atoms with E-state index in [1.54, 1.807) is 19.1 Å². The Morgan fingerprint density at radius 3 is 2.28 bits per heavy atom. The van der Waals surface area contributed by atoms with Crippen LogP contribution in [0, 0.1) is 5.92 Å². The summed E-state index contributed by atoms with van der Waals surface area (Å²) >= 11 is 0. The maximum Gasteiger partial charge on any atom is 0.260 e. The van der Waals surface area contributed by atoms with Gasteiger partial charge in [-0.1, -0.05) is 20.3 Å². The highest BCUT2D eigenvalue weighted by atomic mass is 32.2. The van der Waals surface area contributed by atoms with Crippen LogP contribution in [0.4, 0.5) is 0 Å². The van der Waals surface area contributed by atoms with Gasteiger partial charge in [-0.25, -0.2) is 8.42 Å². The van der Waals surface area contributed by atoms with Gasteiger partial charge in [0.05, 0.1) is 4.90 Å². The number of nitrogens with zero attached hydrogens (tertiary/aromatic N) is 1. The van der Waals surface area contributed by atoms with Gasteiger partial charge in [-0.15, -0.1) is 0 Å². The van der Waals surface area contributed by atoms with Crippen LogP contribution < -0.4 is 10.1 Å². The first-order valence-corrected chi connectivity index (χ1v) is 10.3. The van der Waals surface area contributed by atoms with Gasteiger partial charge in [-0.05, 0) is 49.9 Å². The molecule has 1 saturated heterocycles. The zero-order valence-electron chi connectivity index (χ0n) is 15.2. The molecule has 2 rings (SSSR count). The Balaban J connectivity index is 1.98. The number of nitrogens with one attached hydrogen (secondary N) is 1. The number of hydrogen-bond donors (Lipinski definition) is 1. The van der Waals surface area contributed by atoms with E-state index < -0.39 is 16.1 Å². The van der Waals surface area contributed by atoms with Crippen LogP contribution in [0.1, 0.15) is 40.0 Å². The number of amides is 1. The molecule has 0 aromatic heterocycles. The van der Waals surface area contributed by atoms with Crippen LogP contribution in [0.15, 0.2) is 29.2 Å². The number of rotatable bonds is 7. The number of hydrogen-bond acceptors (Lipinski definition) is 4. The van der Waals surface area contributed by atoms with Crippen LogP contribution in [0.5, 0.6) is 5.75 Å². The Kier molecular flexibility index (Phi) is 6.84. The molecule has 1 aromatic carbocycles. The first kappa shape index (κ1) is 19.7. The topological polar surface area (TPSA) is 75.7 Å². The number of carbonyl (C=O) groups is 1. The molecule has 1 aliphatic heterocycles. The summed E-state index contributed by atoms with van der Waals surface area (Å²) in [4.78, 5) is 12.2. The molecular weight excluding hydrogens is 340 g/mol. The van der Waals surface area contributed by atoms with Crippen LogP contribution in [0.25, 0.3) is 0 Å². The molecule has 0 spiro atoms. The van der Waals surface area contributed by atoms with E-state index in [1.165, 1.54) is 16.4 Å². The molecule has 0 unspecified atom stereocenters. The molecule has 6 nitrogen and oxygen atoms in total. The van der Waals surface area contributed by atoms with Gasteiger partial charge in [0.25, 0.3) is 5.91 Å². The quantitative estimate of drug-likeness (QED) is 0.802. The highest BCUT2D eigenvalue weighted by Crippen LogP contribution is 2.23. The molecule has 0 aliphatic carbocycles. The minimum Gasteiger partial charge on any atom is -0.481 e. The fourth-order valence-electron chi connectivity index (χ4n) is 2.65. The van der Waals surface area contributed by atoms with Crippen LogP contribution in [-0.2, 0) is 14.8 Å². The second-order valence-corrected chi connectivity index (χ2v) is 8.77. The molecule has 0 bridgehead atoms. The van der Waals surface area contributed by atoms with Gasteiger partial charge in [-0.2, -0.15) is 4.31 Å². The first-order chi connectivity index (χ1) is 11.8. The summed E-state index contributed by atoms with van der Waals surface area (Å²) < 4.78 is 32.3. The molecule has 25 heavy (non-hydrogen) atoms. The predicted molar refractivity (Wildman–Crippen MR) is 97.0 cm³/mol. The normalized spacial score (nSPS) is 17.3. The number of piperidine rings is 1. The van der Waals surface area contributed by atoms with Gasteiger partial charge in [0.1, 0.15) is 5.75 Å². The summed E-state index contributed by atoms with van der Waals surface area (Å²) in [5, 5.41) is 2.81. The van der Waals surface area contributed by atoms with Crippen LogP contribution in [0.3, 0.4) is 0 Å². The zero-order valence-corrected chi connectivity index (χ0v) is 16.0. The molecule has 1 fully saturated rings. The van der Waals surface area contributed by atoms with E-state index in [1.807, 2.05) is 13.8 Å². The third kappa shape index (κ3) is 5.44. The van der Waals surface area contributed by atoms with Crippen molar-refractivity contribution in [2.24, 2.45) is 5.92 Å². The van der Waals surface area contributed by atoms with E-state index in [9.17, 15) is 13.2 Å². The van der Waals surface area contributed by atoms with Crippen molar-refractivity contribution in [1.29, 1.82) is 0 Å². The monoisotopic (exact) mass is 368 g/mol. The van der Waals surface area contributed by atoms with E-state index in [-0.39, 0.29) is 10.8 Å². The summed E-state index contributed by atoms with van der Waals surface area (Å²) in [5.41, 5.74) is 0. The average Bonchev–Trinajstić information content (AvgIpc) is 2.60. The molecule has 0 saturated carbocycles. The second kappa shape index (κ2) is 8.67. The van der Waals surface area contributed by atoms with Crippen LogP contribution >= 0.6 is 0 Å². The lowest BCUT2D eigenvalue weighted by Crippen LogP contribution is -2.38. The lowest BCUT2D eigenvalue weighted by atomic mass is 10.2. The molecule has 0 radical (unpaired) electrons. The summed E-state index contributed by atoms with van der Waals surface area (Å²) in [6.07, 6.45) is 2.26. The predicted octanol–water partition coefficient (Wildman–Crippen LogP) is 2.40. The van der Waals surface area contributed by atoms with Gasteiger partial charge in [0.15, 0.2) is 6.10 Å². The summed E-state index contributed by atoms with van der Waals surface area (Å²) in [6, 6.07) is 6.28. The van der Waals surface area contributed by atoms with E-state index in [0.717, 1.165) is 19.3 Å². The van der Waals surface area contributed by atoms with Gasteiger partial charge >= 0.3 is 0 Å². The molecule has 1 heterocycles. The van der Waals surface area contributed by atoms with E-state index >= 15 is 0 Å². The molecule has 140 valence electrons. The molecule has 7 heteroatoms. The van der Waals surface area contributed by atoms with Crippen molar-refractivity contribution in [3.63, 3.8) is 0 Å². The third-order valence-corrected chi connectivity index (χ3v) is 6.06. The van der Waals surface area contributed by atoms with Crippen molar-refractivity contribution >= 4 is 15.9 Å². The van der Waals surface area contributed by atoms with Gasteiger partial charge in [-0.3, -0.25) is 4.79 Å². The van der Waals surface area contributed by atoms with E-state index in [2.05, 4.69) is 5.32 Å². The minimum atomic E-state index is -3.44. The molecular formula is C18H28N2O4S. The fourth-order valence-corrected chi connectivity index (χ4v) is 4.17. The van der Waals surface area contributed by atoms with Crippen molar-refractivity contribution < 1.29 is 17.9 Å². The standard InChI is InChI=1S/C18H28N2O4S/c1-14(2)13-19-18(21)15(3)24-16-7-9-17(10-8-16)25(22,23)20-11-5-4-6-12-20/h7-10,14-15H,4-6,11-13H2,1-3H3,(H,19,21)/t15-/m0/s1. The zero-order chi connectivity index (χ0) is 18.4. The molecule has 1 aliphatic rings. The van der Waals surface area contributed by atoms with Crippen LogP contribution in [0.2, 0.25) is 0 Å². The lowest BCUT2D eigenvalue weighted by Gasteiger charge is -2.26. The van der Waals surface area contributed by atoms with Gasteiger partial charge in [0, 0.05) is 19.6 Å². The van der Waals surface area contributed by atoms with Crippen molar-refractivity contribution in [2.75, 3.05) is 19.6 Å². The molecule has 1 atom stereocenters. The van der Waals surface area contributed by atoms with Crippen molar-refractivity contribution in [1.82, 2.24) is 9.62 Å². The number of ether oxygens (including phenoxy) is 1. The number of benzene rings is 1. The molecule has 1 N–H and O–H groups in total. The Bertz CT molecular complexity index is 665. The average molecular weight is 368 g/mol. The second-order valence-electron chi connectivity index (χ2n) is 6.84. The Labute approximate surface area is 150 Å². The van der Waals surface area contributed by atoms with Crippen molar-refractivity contribution in [2.45, 2.75) is 51.0 Å². The van der Waals surface area contributed by atoms with Gasteiger partial charge in [0.2, 0.25) is 10.0 Å². The number of carbonyl (C=O) groups excluding carboxylic acids is 1. The minimum absolute atomic E-state index is 0.182. The smallest absolute Gasteiger partial charge is 0.260 e. The van der Waals surface area contributed by atoms with E-state index in [0.29, 0.717) is 31.3 Å². The van der Waals surface area contributed by atoms with Crippen LogP contribution in [-0.4, -0.2) is 44.4 Å². The molecule has 1 amide bonds. The SMILES string of the molecule is CC(C)CNC(=O)[C@H](C)Oc1ccc(S(=O)(=O)N2CCCCC2)cc1. The Morgan fingerprint density at radius 2 is 1.72 bits per heavy atom. The van der Waals surface area contributed by atoms with Crippen molar-refractivity contribution in [3.05, 3.63) is 24.3 Å². The summed E-state index contributed by atoms with van der Waals surface area (Å²) in [5.74, 6) is 0.666. The lowest BCUT2D eigenvalue weighted by molar-refractivity contribution is -0.127.